The van der Waals surface area contributed by atoms with E-state index < -0.39 is 18.1 Å². The van der Waals surface area contributed by atoms with Gasteiger partial charge in [0.25, 0.3) is 5.56 Å². The zero-order valence-electron chi connectivity index (χ0n) is 15.1. The lowest BCUT2D eigenvalue weighted by molar-refractivity contribution is -0.140. The normalized spacial score (nSPS) is 28.0. The number of aliphatic hydroxyl groups is 2. The van der Waals surface area contributed by atoms with Crippen molar-refractivity contribution in [3.05, 3.63) is 21.6 Å². The predicted octanol–water partition coefficient (Wildman–Crippen LogP) is 0.823. The third kappa shape index (κ3) is 3.39. The Morgan fingerprint density at radius 1 is 1.13 bits per heavy atom. The molecule has 0 bridgehead atoms. The van der Waals surface area contributed by atoms with E-state index in [1.54, 1.807) is 7.05 Å². The smallest absolute Gasteiger partial charge is 0.270 e. The van der Waals surface area contributed by atoms with Crippen molar-refractivity contribution in [2.24, 2.45) is 18.9 Å². The summed E-state index contributed by atoms with van der Waals surface area (Å²) in [4.78, 5) is 14.4. The van der Waals surface area contributed by atoms with E-state index in [9.17, 15) is 15.0 Å². The van der Waals surface area contributed by atoms with Gasteiger partial charge in [-0.15, -0.1) is 0 Å². The van der Waals surface area contributed by atoms with Crippen molar-refractivity contribution >= 4 is 0 Å². The number of nitrogens with one attached hydrogen (secondary N) is 1. The van der Waals surface area contributed by atoms with Crippen LogP contribution in [0.5, 0.6) is 0 Å². The first-order valence-corrected chi connectivity index (χ1v) is 8.50. The largest absolute Gasteiger partial charge is 0.391 e. The topological polar surface area (TPSA) is 81.5 Å². The fourth-order valence-corrected chi connectivity index (χ4v) is 3.81. The molecule has 1 aromatic heterocycles. The molecule has 1 aliphatic rings. The van der Waals surface area contributed by atoms with Crippen LogP contribution >= 0.6 is 0 Å². The zero-order valence-corrected chi connectivity index (χ0v) is 15.1. The first-order chi connectivity index (χ1) is 10.6. The summed E-state index contributed by atoms with van der Waals surface area (Å²) in [6.45, 7) is 12.0. The molecule has 0 aliphatic heterocycles. The molecule has 0 spiro atoms. The van der Waals surface area contributed by atoms with E-state index in [1.807, 2.05) is 6.92 Å². The van der Waals surface area contributed by atoms with Gasteiger partial charge >= 0.3 is 0 Å². The lowest BCUT2D eigenvalue weighted by Crippen LogP contribution is -2.67. The molecule has 1 saturated carbocycles. The molecule has 1 fully saturated rings. The van der Waals surface area contributed by atoms with Crippen LogP contribution in [-0.4, -0.2) is 56.2 Å². The first kappa shape index (κ1) is 18.2. The zero-order chi connectivity index (χ0) is 17.5. The van der Waals surface area contributed by atoms with Crippen LogP contribution in [-0.2, 0) is 7.05 Å². The highest BCUT2D eigenvalue weighted by atomic mass is 16.3. The van der Waals surface area contributed by atoms with Gasteiger partial charge in [0.1, 0.15) is 0 Å². The predicted molar refractivity (Wildman–Crippen MR) is 90.6 cm³/mol. The van der Waals surface area contributed by atoms with Gasteiger partial charge in [-0.1, -0.05) is 27.7 Å². The second-order valence-electron chi connectivity index (χ2n) is 7.75. The Morgan fingerprint density at radius 2 is 1.61 bits per heavy atom. The quantitative estimate of drug-likeness (QED) is 0.723. The molecule has 2 rings (SSSR count). The molecule has 3 N–H and O–H groups in total. The summed E-state index contributed by atoms with van der Waals surface area (Å²) in [5.74, 6) is 0.398. The maximum atomic E-state index is 12.2. The summed E-state index contributed by atoms with van der Waals surface area (Å²) in [6, 6.07) is -0.302. The van der Waals surface area contributed by atoms with E-state index in [4.69, 9.17) is 0 Å². The number of rotatable bonds is 6. The van der Waals surface area contributed by atoms with Gasteiger partial charge in [-0.05, 0) is 18.8 Å². The Balaban J connectivity index is 2.23. The Labute approximate surface area is 138 Å². The van der Waals surface area contributed by atoms with Gasteiger partial charge in [0, 0.05) is 37.3 Å². The maximum absolute atomic E-state index is 12.2. The van der Waals surface area contributed by atoms with Gasteiger partial charge in [-0.25, -0.2) is 0 Å². The standard InChI is InChI=1S/C17H31N3O3/c1-9(2)7-20(8-10(3)4)14-15(21)13(16(14)22)12-11(5)18-19(6)17(12)23/h9-10,13-16,18,21-22H,7-8H2,1-6H3. The fraction of sp³-hybridized carbons (Fsp3) is 0.824. The van der Waals surface area contributed by atoms with E-state index in [-0.39, 0.29) is 11.6 Å². The van der Waals surface area contributed by atoms with Gasteiger partial charge < -0.3 is 10.2 Å². The van der Waals surface area contributed by atoms with Crippen LogP contribution in [0.1, 0.15) is 44.9 Å². The summed E-state index contributed by atoms with van der Waals surface area (Å²) in [5, 5.41) is 24.3. The number of aryl methyl sites for hydroxylation is 2. The summed E-state index contributed by atoms with van der Waals surface area (Å²) >= 11 is 0. The number of aliphatic hydroxyl groups excluding tert-OH is 2. The molecule has 132 valence electrons. The van der Waals surface area contributed by atoms with Crippen molar-refractivity contribution in [3.63, 3.8) is 0 Å². The van der Waals surface area contributed by atoms with E-state index in [2.05, 4.69) is 37.7 Å². The van der Waals surface area contributed by atoms with Crippen molar-refractivity contribution in [2.45, 2.75) is 58.8 Å². The minimum atomic E-state index is -0.718. The SMILES string of the molecule is Cc1[nH]n(C)c(=O)c1C1C(O)C(N(CC(C)C)CC(C)C)C1O. The molecule has 1 aromatic rings. The number of hydrogen-bond donors (Lipinski definition) is 3. The molecule has 2 atom stereocenters. The lowest BCUT2D eigenvalue weighted by Gasteiger charge is -2.52. The minimum Gasteiger partial charge on any atom is -0.391 e. The number of nitrogens with zero attached hydrogens (tertiary/aromatic N) is 2. The Kier molecular flexibility index (Phi) is 5.38. The number of aromatic amines is 1. The average molecular weight is 325 g/mol. The number of aromatic nitrogens is 2. The van der Waals surface area contributed by atoms with E-state index in [1.165, 1.54) is 4.68 Å². The van der Waals surface area contributed by atoms with Crippen LogP contribution in [0.2, 0.25) is 0 Å². The molecule has 0 radical (unpaired) electrons. The highest BCUT2D eigenvalue weighted by molar-refractivity contribution is 5.30. The molecule has 23 heavy (non-hydrogen) atoms. The van der Waals surface area contributed by atoms with Gasteiger partial charge in [0.2, 0.25) is 0 Å². The summed E-state index contributed by atoms with van der Waals surface area (Å²) in [5.41, 5.74) is 1.07. The number of H-pyrrole nitrogens is 1. The van der Waals surface area contributed by atoms with E-state index in [0.717, 1.165) is 18.8 Å². The van der Waals surface area contributed by atoms with E-state index >= 15 is 0 Å². The molecular formula is C17H31N3O3. The van der Waals surface area contributed by atoms with Crippen molar-refractivity contribution < 1.29 is 10.2 Å². The molecule has 0 aromatic carbocycles. The Morgan fingerprint density at radius 3 is 1.96 bits per heavy atom. The van der Waals surface area contributed by atoms with Gasteiger partial charge in [0.05, 0.1) is 18.2 Å². The van der Waals surface area contributed by atoms with Crippen LogP contribution in [0.4, 0.5) is 0 Å². The summed E-state index contributed by atoms with van der Waals surface area (Å²) in [6.07, 6.45) is -1.44. The lowest BCUT2D eigenvalue weighted by atomic mass is 9.69. The van der Waals surface area contributed by atoms with Crippen LogP contribution in [0.25, 0.3) is 0 Å². The maximum Gasteiger partial charge on any atom is 0.270 e. The third-order valence-corrected chi connectivity index (χ3v) is 4.66. The van der Waals surface area contributed by atoms with E-state index in [0.29, 0.717) is 17.4 Å². The van der Waals surface area contributed by atoms with Crippen molar-refractivity contribution in [2.75, 3.05) is 13.1 Å². The van der Waals surface area contributed by atoms with Crippen LogP contribution in [0, 0.1) is 18.8 Å². The summed E-state index contributed by atoms with van der Waals surface area (Å²) in [7, 11) is 1.65. The monoisotopic (exact) mass is 325 g/mol. The second kappa shape index (κ2) is 6.79. The summed E-state index contributed by atoms with van der Waals surface area (Å²) < 4.78 is 1.40. The van der Waals surface area contributed by atoms with Crippen molar-refractivity contribution in [1.82, 2.24) is 14.7 Å². The van der Waals surface area contributed by atoms with Gasteiger partial charge in [-0.2, -0.15) is 0 Å². The highest BCUT2D eigenvalue weighted by Crippen LogP contribution is 2.40. The third-order valence-electron chi connectivity index (χ3n) is 4.66. The molecule has 2 unspecified atom stereocenters. The van der Waals surface area contributed by atoms with Crippen LogP contribution in [0.15, 0.2) is 4.79 Å². The molecular weight excluding hydrogens is 294 g/mol. The van der Waals surface area contributed by atoms with Gasteiger partial charge in [-0.3, -0.25) is 19.5 Å². The van der Waals surface area contributed by atoms with Crippen LogP contribution < -0.4 is 5.56 Å². The molecule has 6 heteroatoms. The van der Waals surface area contributed by atoms with Crippen molar-refractivity contribution in [3.8, 4) is 0 Å². The van der Waals surface area contributed by atoms with Crippen molar-refractivity contribution in [1.29, 1.82) is 0 Å². The van der Waals surface area contributed by atoms with Gasteiger partial charge in [0.15, 0.2) is 0 Å². The second-order valence-corrected chi connectivity index (χ2v) is 7.75. The number of hydrogen-bond acceptors (Lipinski definition) is 4. The average Bonchev–Trinajstić information content (AvgIpc) is 2.64. The highest BCUT2D eigenvalue weighted by Gasteiger charge is 2.54. The molecule has 6 nitrogen and oxygen atoms in total. The Bertz CT molecular complexity index is 570. The Hall–Kier alpha value is -1.11. The molecule has 1 aliphatic carbocycles. The first-order valence-electron chi connectivity index (χ1n) is 8.50. The molecule has 1 heterocycles. The fourth-order valence-electron chi connectivity index (χ4n) is 3.81. The molecule has 0 amide bonds. The van der Waals surface area contributed by atoms with Crippen LogP contribution in [0.3, 0.4) is 0 Å². The minimum absolute atomic E-state index is 0.164. The molecule has 0 saturated heterocycles.